The van der Waals surface area contributed by atoms with E-state index in [0.29, 0.717) is 0 Å². The van der Waals surface area contributed by atoms with Crippen molar-refractivity contribution in [3.63, 3.8) is 0 Å². The number of hydrogen-bond donors (Lipinski definition) is 1. The number of aryl methyl sites for hydroxylation is 1. The Hall–Kier alpha value is -1.45. The molecule has 0 heterocycles. The van der Waals surface area contributed by atoms with Crippen LogP contribution in [0.1, 0.15) is 29.7 Å². The molecule has 2 nitrogen and oxygen atoms in total. The van der Waals surface area contributed by atoms with Crippen LogP contribution in [0.5, 0.6) is 5.75 Å². The summed E-state index contributed by atoms with van der Waals surface area (Å²) in [5.41, 5.74) is 3.48. The summed E-state index contributed by atoms with van der Waals surface area (Å²) in [7, 11) is 1.64. The standard InChI is InChI=1S/C17H20O2S/c1-12-7-4-5-8-14(12)11-20-16-10-6-9-15(19-3)17(16)13(2)18/h4-10,13,18H,11H2,1-3H3/t13-/m1/s1. The fourth-order valence-corrected chi connectivity index (χ4v) is 3.40. The molecule has 0 aliphatic rings. The SMILES string of the molecule is COc1cccc(SCc2ccccc2C)c1[C@@H](C)O. The molecular formula is C17H20O2S. The van der Waals surface area contributed by atoms with Crippen LogP contribution in [-0.2, 0) is 5.75 Å². The number of aliphatic hydroxyl groups excluding tert-OH is 1. The summed E-state index contributed by atoms with van der Waals surface area (Å²) in [6, 6.07) is 14.3. The maximum Gasteiger partial charge on any atom is 0.125 e. The molecule has 0 radical (unpaired) electrons. The van der Waals surface area contributed by atoms with Crippen molar-refractivity contribution >= 4 is 11.8 Å². The van der Waals surface area contributed by atoms with E-state index in [9.17, 15) is 5.11 Å². The first kappa shape index (κ1) is 14.9. The van der Waals surface area contributed by atoms with Crippen molar-refractivity contribution in [1.29, 1.82) is 0 Å². The Kier molecular flexibility index (Phi) is 5.10. The zero-order chi connectivity index (χ0) is 14.5. The quantitative estimate of drug-likeness (QED) is 0.829. The maximum atomic E-state index is 9.97. The number of hydrogen-bond acceptors (Lipinski definition) is 3. The van der Waals surface area contributed by atoms with Crippen molar-refractivity contribution in [3.05, 3.63) is 59.2 Å². The number of aliphatic hydroxyl groups is 1. The Morgan fingerprint density at radius 3 is 2.55 bits per heavy atom. The predicted molar refractivity (Wildman–Crippen MR) is 84.4 cm³/mol. The Morgan fingerprint density at radius 1 is 1.15 bits per heavy atom. The predicted octanol–water partition coefficient (Wildman–Crippen LogP) is 4.35. The summed E-state index contributed by atoms with van der Waals surface area (Å²) >= 11 is 1.73. The molecule has 0 amide bonds. The van der Waals surface area contributed by atoms with Gasteiger partial charge in [-0.1, -0.05) is 30.3 Å². The van der Waals surface area contributed by atoms with Crippen LogP contribution in [-0.4, -0.2) is 12.2 Å². The minimum Gasteiger partial charge on any atom is -0.496 e. The lowest BCUT2D eigenvalue weighted by molar-refractivity contribution is 0.191. The molecule has 0 saturated heterocycles. The van der Waals surface area contributed by atoms with Gasteiger partial charge in [0.2, 0.25) is 0 Å². The smallest absolute Gasteiger partial charge is 0.125 e. The second-order valence-electron chi connectivity index (χ2n) is 4.76. The molecule has 0 spiro atoms. The highest BCUT2D eigenvalue weighted by atomic mass is 32.2. The number of ether oxygens (including phenoxy) is 1. The first-order valence-corrected chi connectivity index (χ1v) is 7.64. The minimum atomic E-state index is -0.537. The van der Waals surface area contributed by atoms with Crippen molar-refractivity contribution in [2.45, 2.75) is 30.6 Å². The second kappa shape index (κ2) is 6.82. The van der Waals surface area contributed by atoms with Crippen molar-refractivity contribution in [1.82, 2.24) is 0 Å². The minimum absolute atomic E-state index is 0.537. The van der Waals surface area contributed by atoms with E-state index in [4.69, 9.17) is 4.74 Å². The van der Waals surface area contributed by atoms with Crippen molar-refractivity contribution in [2.75, 3.05) is 7.11 Å². The van der Waals surface area contributed by atoms with Crippen LogP contribution < -0.4 is 4.74 Å². The molecule has 0 unspecified atom stereocenters. The van der Waals surface area contributed by atoms with Gasteiger partial charge < -0.3 is 9.84 Å². The van der Waals surface area contributed by atoms with Gasteiger partial charge in [0.15, 0.2) is 0 Å². The summed E-state index contributed by atoms with van der Waals surface area (Å²) in [6.07, 6.45) is -0.537. The van der Waals surface area contributed by atoms with E-state index in [1.54, 1.807) is 25.8 Å². The lowest BCUT2D eigenvalue weighted by atomic mass is 10.1. The van der Waals surface area contributed by atoms with Crippen LogP contribution in [0.25, 0.3) is 0 Å². The Labute approximate surface area is 124 Å². The molecule has 1 atom stereocenters. The summed E-state index contributed by atoms with van der Waals surface area (Å²) in [4.78, 5) is 1.07. The van der Waals surface area contributed by atoms with Gasteiger partial charge in [0, 0.05) is 16.2 Å². The third kappa shape index (κ3) is 3.35. The fraction of sp³-hybridized carbons (Fsp3) is 0.294. The summed E-state index contributed by atoms with van der Waals surface area (Å²) in [6.45, 7) is 3.90. The fourth-order valence-electron chi connectivity index (χ4n) is 2.17. The van der Waals surface area contributed by atoms with Crippen LogP contribution >= 0.6 is 11.8 Å². The summed E-state index contributed by atoms with van der Waals surface area (Å²) in [5, 5.41) is 9.97. The van der Waals surface area contributed by atoms with E-state index >= 15 is 0 Å². The molecule has 106 valence electrons. The molecule has 20 heavy (non-hydrogen) atoms. The van der Waals surface area contributed by atoms with Crippen molar-refractivity contribution in [2.24, 2.45) is 0 Å². The molecule has 3 heteroatoms. The monoisotopic (exact) mass is 288 g/mol. The zero-order valence-electron chi connectivity index (χ0n) is 12.1. The van der Waals surface area contributed by atoms with Crippen LogP contribution in [0.3, 0.4) is 0 Å². The molecule has 0 aliphatic heterocycles. The lowest BCUT2D eigenvalue weighted by Gasteiger charge is -2.16. The number of benzene rings is 2. The topological polar surface area (TPSA) is 29.5 Å². The molecule has 2 aromatic carbocycles. The highest BCUT2D eigenvalue weighted by Gasteiger charge is 2.14. The van der Waals surface area contributed by atoms with Crippen LogP contribution in [0.2, 0.25) is 0 Å². The van der Waals surface area contributed by atoms with E-state index < -0.39 is 6.10 Å². The zero-order valence-corrected chi connectivity index (χ0v) is 12.9. The molecule has 0 fully saturated rings. The highest BCUT2D eigenvalue weighted by Crippen LogP contribution is 2.36. The van der Waals surface area contributed by atoms with E-state index in [1.807, 2.05) is 18.2 Å². The Morgan fingerprint density at radius 2 is 1.90 bits per heavy atom. The lowest BCUT2D eigenvalue weighted by Crippen LogP contribution is -1.99. The van der Waals surface area contributed by atoms with Crippen LogP contribution in [0.15, 0.2) is 47.4 Å². The van der Waals surface area contributed by atoms with Crippen molar-refractivity contribution < 1.29 is 9.84 Å². The van der Waals surface area contributed by atoms with Crippen LogP contribution in [0, 0.1) is 6.92 Å². The van der Waals surface area contributed by atoms with Gasteiger partial charge in [-0.3, -0.25) is 0 Å². The molecule has 0 aromatic heterocycles. The van der Waals surface area contributed by atoms with Crippen LogP contribution in [0.4, 0.5) is 0 Å². The average Bonchev–Trinajstić information content (AvgIpc) is 2.45. The van der Waals surface area contributed by atoms with Crippen molar-refractivity contribution in [3.8, 4) is 5.75 Å². The van der Waals surface area contributed by atoms with E-state index in [-0.39, 0.29) is 0 Å². The molecule has 1 N–H and O–H groups in total. The van der Waals surface area contributed by atoms with Gasteiger partial charge in [-0.2, -0.15) is 0 Å². The molecule has 2 aromatic rings. The summed E-state index contributed by atoms with van der Waals surface area (Å²) < 4.78 is 5.35. The number of methoxy groups -OCH3 is 1. The molecular weight excluding hydrogens is 268 g/mol. The van der Waals surface area contributed by atoms with Gasteiger partial charge in [0.25, 0.3) is 0 Å². The van der Waals surface area contributed by atoms with Gasteiger partial charge in [-0.15, -0.1) is 11.8 Å². The molecule has 0 bridgehead atoms. The highest BCUT2D eigenvalue weighted by molar-refractivity contribution is 7.98. The first-order valence-electron chi connectivity index (χ1n) is 6.65. The van der Waals surface area contributed by atoms with E-state index in [0.717, 1.165) is 22.0 Å². The average molecular weight is 288 g/mol. The third-order valence-electron chi connectivity index (χ3n) is 3.31. The van der Waals surface area contributed by atoms with Gasteiger partial charge >= 0.3 is 0 Å². The first-order chi connectivity index (χ1) is 9.63. The van der Waals surface area contributed by atoms with Gasteiger partial charge in [-0.25, -0.2) is 0 Å². The second-order valence-corrected chi connectivity index (χ2v) is 5.78. The normalized spacial score (nSPS) is 12.2. The third-order valence-corrected chi connectivity index (χ3v) is 4.43. The Bertz CT molecular complexity index is 579. The van der Waals surface area contributed by atoms with E-state index in [2.05, 4.69) is 31.2 Å². The van der Waals surface area contributed by atoms with Gasteiger partial charge in [-0.05, 0) is 37.1 Å². The molecule has 0 aliphatic carbocycles. The van der Waals surface area contributed by atoms with Gasteiger partial charge in [0.1, 0.15) is 5.75 Å². The number of rotatable bonds is 5. The Balaban J connectivity index is 2.24. The molecule has 0 saturated carbocycles. The van der Waals surface area contributed by atoms with Gasteiger partial charge in [0.05, 0.1) is 13.2 Å². The number of thioether (sulfide) groups is 1. The summed E-state index contributed by atoms with van der Waals surface area (Å²) in [5.74, 6) is 1.63. The largest absolute Gasteiger partial charge is 0.496 e. The molecule has 2 rings (SSSR count). The van der Waals surface area contributed by atoms with E-state index in [1.165, 1.54) is 11.1 Å². The maximum absolute atomic E-state index is 9.97.